The van der Waals surface area contributed by atoms with Gasteiger partial charge in [0.15, 0.2) is 6.61 Å². The van der Waals surface area contributed by atoms with Gasteiger partial charge in [0.05, 0.1) is 11.2 Å². The number of anilines is 1. The Morgan fingerprint density at radius 2 is 2.23 bits per heavy atom. The summed E-state index contributed by atoms with van der Waals surface area (Å²) >= 11 is 1.47. The number of carbonyl (C=O) groups is 2. The van der Waals surface area contributed by atoms with Crippen LogP contribution in [-0.4, -0.2) is 51.4 Å². The van der Waals surface area contributed by atoms with Crippen molar-refractivity contribution in [3.63, 3.8) is 0 Å². The summed E-state index contributed by atoms with van der Waals surface area (Å²) in [6.45, 7) is 1.16. The number of hydrogen-bond donors (Lipinski definition) is 1. The number of rotatable bonds is 4. The van der Waals surface area contributed by atoms with Crippen LogP contribution in [0.25, 0.3) is 0 Å². The fraction of sp³-hybridized carbons (Fsp3) is 0.412. The number of ether oxygens (including phenoxy) is 1. The number of nitrogens with zero attached hydrogens (tertiary/aromatic N) is 4. The molecule has 1 aliphatic heterocycles. The fourth-order valence-corrected chi connectivity index (χ4v) is 3.73. The van der Waals surface area contributed by atoms with E-state index in [-0.39, 0.29) is 24.5 Å². The first-order chi connectivity index (χ1) is 12.6. The van der Waals surface area contributed by atoms with Crippen LogP contribution >= 0.6 is 11.3 Å². The van der Waals surface area contributed by atoms with E-state index in [0.29, 0.717) is 24.6 Å². The molecule has 3 rings (SSSR count). The van der Waals surface area contributed by atoms with Crippen LogP contribution in [0.4, 0.5) is 10.6 Å². The average molecular weight is 373 g/mol. The molecule has 1 fully saturated rings. The number of thiazole rings is 1. The highest BCUT2D eigenvalue weighted by Crippen LogP contribution is 2.30. The minimum atomic E-state index is -0.378. The Morgan fingerprint density at radius 3 is 2.88 bits per heavy atom. The van der Waals surface area contributed by atoms with Gasteiger partial charge in [-0.3, -0.25) is 9.48 Å². The van der Waals surface area contributed by atoms with Crippen molar-refractivity contribution in [3.8, 4) is 12.3 Å². The summed E-state index contributed by atoms with van der Waals surface area (Å²) in [4.78, 5) is 30.2. The first kappa shape index (κ1) is 17.9. The predicted molar refractivity (Wildman–Crippen MR) is 97.0 cm³/mol. The van der Waals surface area contributed by atoms with Crippen LogP contribution in [0.2, 0.25) is 0 Å². The Morgan fingerprint density at radius 1 is 1.46 bits per heavy atom. The van der Waals surface area contributed by atoms with Gasteiger partial charge in [0.1, 0.15) is 11.5 Å². The number of terminal acetylenes is 1. The van der Waals surface area contributed by atoms with E-state index in [0.717, 1.165) is 17.8 Å². The molecule has 0 bridgehead atoms. The van der Waals surface area contributed by atoms with Crippen molar-refractivity contribution in [1.29, 1.82) is 0 Å². The average Bonchev–Trinajstić information content (AvgIpc) is 3.29. The molecular weight excluding hydrogens is 354 g/mol. The smallest absolute Gasteiger partial charge is 0.410 e. The summed E-state index contributed by atoms with van der Waals surface area (Å²) < 4.78 is 6.53. The second kappa shape index (κ2) is 8.01. The van der Waals surface area contributed by atoms with Gasteiger partial charge < -0.3 is 15.0 Å². The molecule has 2 aromatic heterocycles. The molecule has 0 spiro atoms. The van der Waals surface area contributed by atoms with Crippen LogP contribution in [0, 0.1) is 12.3 Å². The molecule has 0 unspecified atom stereocenters. The van der Waals surface area contributed by atoms with Crippen molar-refractivity contribution in [2.24, 2.45) is 7.05 Å². The predicted octanol–water partition coefficient (Wildman–Crippen LogP) is 2.08. The summed E-state index contributed by atoms with van der Waals surface area (Å²) in [7, 11) is 1.75. The van der Waals surface area contributed by atoms with Gasteiger partial charge in [0.25, 0.3) is 5.91 Å². The summed E-state index contributed by atoms with van der Waals surface area (Å²) in [5, 5.41) is 9.47. The van der Waals surface area contributed by atoms with Crippen molar-refractivity contribution in [2.45, 2.75) is 18.8 Å². The molecule has 1 N–H and O–H groups in total. The molecule has 0 radical (unpaired) electrons. The van der Waals surface area contributed by atoms with Gasteiger partial charge in [0, 0.05) is 37.5 Å². The van der Waals surface area contributed by atoms with E-state index in [4.69, 9.17) is 11.2 Å². The minimum absolute atomic E-state index is 0.0135. The zero-order chi connectivity index (χ0) is 18.5. The van der Waals surface area contributed by atoms with E-state index in [9.17, 15) is 9.59 Å². The van der Waals surface area contributed by atoms with Gasteiger partial charge in [0.2, 0.25) is 0 Å². The lowest BCUT2D eigenvalue weighted by Crippen LogP contribution is -2.38. The molecule has 136 valence electrons. The van der Waals surface area contributed by atoms with E-state index < -0.39 is 0 Å². The number of nitrogens with one attached hydrogen (secondary N) is 1. The fourth-order valence-electron chi connectivity index (χ4n) is 2.76. The molecule has 0 atom stereocenters. The molecule has 3 heterocycles. The summed E-state index contributed by atoms with van der Waals surface area (Å²) in [6, 6.07) is 1.72. The molecule has 1 saturated heterocycles. The summed E-state index contributed by atoms with van der Waals surface area (Å²) in [6.07, 6.45) is 7.89. The summed E-state index contributed by atoms with van der Waals surface area (Å²) in [5.74, 6) is 2.87. The molecule has 2 aromatic rings. The molecule has 2 amide bonds. The third kappa shape index (κ3) is 4.03. The first-order valence-electron chi connectivity index (χ1n) is 8.18. The summed E-state index contributed by atoms with van der Waals surface area (Å²) in [5.41, 5.74) is 0.391. The maximum absolute atomic E-state index is 12.3. The SMILES string of the molecule is C#CCOC(=O)N1CCC(c2nc(C(=O)Nc3ccnn3C)cs2)CC1. The highest BCUT2D eigenvalue weighted by molar-refractivity contribution is 7.09. The third-order valence-corrected chi connectivity index (χ3v) is 5.21. The first-order valence-corrected chi connectivity index (χ1v) is 9.06. The zero-order valence-electron chi connectivity index (χ0n) is 14.3. The number of hydrogen-bond acceptors (Lipinski definition) is 6. The lowest BCUT2D eigenvalue weighted by Gasteiger charge is -2.30. The lowest BCUT2D eigenvalue weighted by molar-refractivity contribution is 0.102. The standard InChI is InChI=1S/C17H19N5O3S/c1-3-10-25-17(24)22-8-5-12(6-9-22)16-19-13(11-26-16)15(23)20-14-4-7-18-21(14)2/h1,4,7,11-12H,5-6,8-10H2,2H3,(H,20,23). The molecule has 0 aromatic carbocycles. The molecule has 9 heteroatoms. The van der Waals surface area contributed by atoms with Gasteiger partial charge in [-0.1, -0.05) is 5.92 Å². The van der Waals surface area contributed by atoms with Crippen LogP contribution in [-0.2, 0) is 11.8 Å². The van der Waals surface area contributed by atoms with Crippen LogP contribution < -0.4 is 5.32 Å². The number of piperidine rings is 1. The normalized spacial score (nSPS) is 14.7. The Bertz CT molecular complexity index is 830. The molecule has 1 aliphatic rings. The Kier molecular flexibility index (Phi) is 5.53. The third-order valence-electron chi connectivity index (χ3n) is 4.20. The van der Waals surface area contributed by atoms with E-state index in [2.05, 4.69) is 21.3 Å². The molecule has 8 nitrogen and oxygen atoms in total. The van der Waals surface area contributed by atoms with Gasteiger partial charge in [-0.15, -0.1) is 17.8 Å². The maximum atomic E-state index is 12.3. The number of amides is 2. The van der Waals surface area contributed by atoms with Crippen LogP contribution in [0.15, 0.2) is 17.6 Å². The monoisotopic (exact) mass is 373 g/mol. The number of aromatic nitrogens is 3. The lowest BCUT2D eigenvalue weighted by atomic mass is 9.98. The van der Waals surface area contributed by atoms with E-state index in [1.807, 2.05) is 0 Å². The second-order valence-corrected chi connectivity index (χ2v) is 6.77. The Balaban J connectivity index is 1.56. The molecule has 0 aliphatic carbocycles. The Labute approximate surface area is 155 Å². The molecular formula is C17H19N5O3S. The number of aryl methyl sites for hydroxylation is 1. The van der Waals surface area contributed by atoms with Gasteiger partial charge in [-0.2, -0.15) is 5.10 Å². The maximum Gasteiger partial charge on any atom is 0.410 e. The van der Waals surface area contributed by atoms with Crippen molar-refractivity contribution in [2.75, 3.05) is 25.0 Å². The van der Waals surface area contributed by atoms with Crippen LogP contribution in [0.1, 0.15) is 34.3 Å². The van der Waals surface area contributed by atoms with Crippen LogP contribution in [0.3, 0.4) is 0 Å². The zero-order valence-corrected chi connectivity index (χ0v) is 15.2. The van der Waals surface area contributed by atoms with Crippen molar-refractivity contribution in [1.82, 2.24) is 19.7 Å². The number of carbonyl (C=O) groups excluding carboxylic acids is 2. The molecule has 26 heavy (non-hydrogen) atoms. The van der Waals surface area contributed by atoms with Crippen molar-refractivity contribution in [3.05, 3.63) is 28.3 Å². The quantitative estimate of drug-likeness (QED) is 0.829. The highest BCUT2D eigenvalue weighted by Gasteiger charge is 2.27. The van der Waals surface area contributed by atoms with Crippen LogP contribution in [0.5, 0.6) is 0 Å². The largest absolute Gasteiger partial charge is 0.436 e. The minimum Gasteiger partial charge on any atom is -0.436 e. The highest BCUT2D eigenvalue weighted by atomic mass is 32.1. The Hall–Kier alpha value is -2.86. The van der Waals surface area contributed by atoms with Gasteiger partial charge in [-0.05, 0) is 12.8 Å². The van der Waals surface area contributed by atoms with Crippen molar-refractivity contribution >= 4 is 29.2 Å². The second-order valence-electron chi connectivity index (χ2n) is 5.89. The van der Waals surface area contributed by atoms with Crippen molar-refractivity contribution < 1.29 is 14.3 Å². The van der Waals surface area contributed by atoms with E-state index >= 15 is 0 Å². The molecule has 0 saturated carbocycles. The van der Waals surface area contributed by atoms with E-state index in [1.54, 1.807) is 34.3 Å². The van der Waals surface area contributed by atoms with E-state index in [1.165, 1.54) is 11.3 Å². The number of likely N-dealkylation sites (tertiary alicyclic amines) is 1. The van der Waals surface area contributed by atoms with Gasteiger partial charge in [-0.25, -0.2) is 9.78 Å². The topological polar surface area (TPSA) is 89.3 Å². The van der Waals surface area contributed by atoms with Gasteiger partial charge >= 0.3 is 6.09 Å².